The Labute approximate surface area is 340 Å². The predicted octanol–water partition coefficient (Wildman–Crippen LogP) is 14.4. The largest absolute Gasteiger partial charge is 0.456 e. The zero-order valence-electron chi connectivity index (χ0n) is 54.0. The van der Waals surface area contributed by atoms with Gasteiger partial charge in [-0.1, -0.05) is 159 Å². The van der Waals surface area contributed by atoms with E-state index in [-0.39, 0.29) is 33.2 Å². The summed E-state index contributed by atoms with van der Waals surface area (Å²) in [6, 6.07) is -20.8. The molecule has 11 rings (SSSR count). The van der Waals surface area contributed by atoms with Crippen molar-refractivity contribution in [1.82, 2.24) is 0 Å². The van der Waals surface area contributed by atoms with Crippen LogP contribution in [0.25, 0.3) is 98.8 Å². The second-order valence-corrected chi connectivity index (χ2v) is 12.7. The van der Waals surface area contributed by atoms with E-state index in [9.17, 15) is 15.1 Å². The lowest BCUT2D eigenvalue weighted by Crippen LogP contribution is -2.16. The molecule has 0 amide bonds. The predicted molar refractivity (Wildman–Crippen MR) is 220 cm³/mol. The first-order chi connectivity index (χ1) is 36.8. The Morgan fingerprint density at radius 1 is 0.442 bits per heavy atom. The monoisotopic (exact) mass is 689 g/mol. The zero-order chi connectivity index (χ0) is 58.0. The number of fused-ring (bicyclic) bond motifs is 10. The van der Waals surface area contributed by atoms with Crippen molar-refractivity contribution >= 4 is 54.3 Å². The van der Waals surface area contributed by atoms with Gasteiger partial charge in [-0.15, -0.1) is 0 Å². The summed E-state index contributed by atoms with van der Waals surface area (Å²) in [5.41, 5.74) is -6.65. The number of benzene rings is 9. The van der Waals surface area contributed by atoms with Crippen LogP contribution < -0.4 is 0 Å². The third-order valence-corrected chi connectivity index (χ3v) is 9.58. The maximum atomic E-state index is 10.1. The van der Waals surface area contributed by atoms with E-state index in [4.69, 9.17) is 26.3 Å². The van der Waals surface area contributed by atoms with Crippen molar-refractivity contribution in [2.75, 3.05) is 0 Å². The van der Waals surface area contributed by atoms with Gasteiger partial charge >= 0.3 is 0 Å². The van der Waals surface area contributed by atoms with Crippen LogP contribution in [0.15, 0.2) is 174 Å². The molecule has 0 bridgehead atoms. The normalized spacial score (nSPS) is 20.6. The van der Waals surface area contributed by atoms with Crippen LogP contribution in [0, 0.1) is 0 Å². The van der Waals surface area contributed by atoms with E-state index < -0.39 is 245 Å². The van der Waals surface area contributed by atoms with E-state index in [0.717, 1.165) is 6.07 Å². The van der Waals surface area contributed by atoms with Crippen molar-refractivity contribution in [2.24, 2.45) is 0 Å². The molecule has 0 aliphatic heterocycles. The lowest BCUT2D eigenvalue weighted by molar-refractivity contribution is 0.662. The quantitative estimate of drug-likeness (QED) is 0.168. The highest BCUT2D eigenvalue weighted by molar-refractivity contribution is 6.23. The molecule has 0 fully saturated rings. The SMILES string of the molecule is [2H]c1cc(-c2c([2H])c([2H])c([2H])c3c2C(C)(C)c2c([2H])c([2H])c([2H])c([2H])c2-3)c([2H])c(-c2c3c([2H])c([2H])c([2H])c([2H])c3c(-c3c([2H])c([2H])c4oc5c([2H])c([2H])c6c([2H])c([2H])c([2H])c([2H])c6c5c4c3[2H])c3c([2H])c([2H])c([2H])c([2H])c23)c1[2H]. The maximum Gasteiger partial charge on any atom is 0.136 e. The Balaban J connectivity index is 1.38. The van der Waals surface area contributed by atoms with Gasteiger partial charge in [0, 0.05) is 16.2 Å². The van der Waals surface area contributed by atoms with Gasteiger partial charge in [0.1, 0.15) is 11.2 Å². The second kappa shape index (κ2) is 10.8. The smallest absolute Gasteiger partial charge is 0.136 e. The molecule has 1 nitrogen and oxygen atoms in total. The summed E-state index contributed by atoms with van der Waals surface area (Å²) in [5, 5.41) is -4.54. The zero-order valence-corrected chi connectivity index (χ0v) is 27.0. The Kier molecular flexibility index (Phi) is 2.75. The van der Waals surface area contributed by atoms with Crippen LogP contribution in [0.4, 0.5) is 0 Å². The molecule has 0 saturated carbocycles. The Bertz CT molecular complexity index is 4570. The Hall–Kier alpha value is -6.44. The molecule has 0 unspecified atom stereocenters. The van der Waals surface area contributed by atoms with E-state index in [0.29, 0.717) is 0 Å². The highest BCUT2D eigenvalue weighted by Crippen LogP contribution is 2.53. The standard InChI is InChI=1S/C51H34O/c1-51(2)44-24-10-9-17-37(44)42-23-12-22-36(50(42)51)32-14-11-15-33(29-32)47-38-18-5-7-20-40(38)48(41-21-8-6-19-39(41)47)34-26-27-45-43(30-34)49-35-16-4-3-13-31(35)25-28-46(49)52-45/h3-30H,1-2H3/i3D,4D,5D,6D,7D,8D,9D,10D,11D,12D,13D,15D,16D,17D,18D,19D,20D,21D,22D,23D,24D,25D,26D,27D,28D,29D,30D. The van der Waals surface area contributed by atoms with Gasteiger partial charge in [0.2, 0.25) is 0 Å². The maximum absolute atomic E-state index is 10.1. The minimum Gasteiger partial charge on any atom is -0.456 e. The number of furan rings is 1. The van der Waals surface area contributed by atoms with E-state index >= 15 is 0 Å². The van der Waals surface area contributed by atoms with Crippen LogP contribution in [-0.4, -0.2) is 0 Å². The van der Waals surface area contributed by atoms with Gasteiger partial charge in [0.15, 0.2) is 0 Å². The Morgan fingerprint density at radius 3 is 1.79 bits per heavy atom. The number of rotatable bonds is 3. The molecule has 1 aliphatic rings. The second-order valence-electron chi connectivity index (χ2n) is 12.7. The molecule has 0 spiro atoms. The van der Waals surface area contributed by atoms with Crippen LogP contribution in [-0.2, 0) is 5.41 Å². The first kappa shape index (κ1) is 13.3. The summed E-state index contributed by atoms with van der Waals surface area (Å²) < 4.78 is 253. The molecule has 1 heterocycles. The fourth-order valence-electron chi connectivity index (χ4n) is 7.36. The highest BCUT2D eigenvalue weighted by Gasteiger charge is 2.37. The molecule has 1 aliphatic carbocycles. The highest BCUT2D eigenvalue weighted by atomic mass is 16.3. The van der Waals surface area contributed by atoms with E-state index in [1.807, 2.05) is 0 Å². The van der Waals surface area contributed by atoms with E-state index in [1.165, 1.54) is 13.8 Å². The molecule has 0 saturated heterocycles. The van der Waals surface area contributed by atoms with Crippen molar-refractivity contribution in [3.8, 4) is 44.5 Å². The van der Waals surface area contributed by atoms with Gasteiger partial charge in [-0.2, -0.15) is 0 Å². The topological polar surface area (TPSA) is 13.1 Å². The third kappa shape index (κ3) is 4.05. The van der Waals surface area contributed by atoms with Crippen LogP contribution >= 0.6 is 0 Å². The average molecular weight is 690 g/mol. The molecule has 244 valence electrons. The van der Waals surface area contributed by atoms with Crippen LogP contribution in [0.1, 0.15) is 62.0 Å². The van der Waals surface area contributed by atoms with Gasteiger partial charge in [-0.3, -0.25) is 0 Å². The van der Waals surface area contributed by atoms with Gasteiger partial charge in [-0.05, 0) is 112 Å². The fraction of sp³-hybridized carbons (Fsp3) is 0.0588. The van der Waals surface area contributed by atoms with Crippen LogP contribution in [0.3, 0.4) is 0 Å². The molecule has 0 radical (unpaired) electrons. The van der Waals surface area contributed by atoms with Crippen molar-refractivity contribution in [1.29, 1.82) is 0 Å². The van der Waals surface area contributed by atoms with Crippen LogP contribution in [0.2, 0.25) is 0 Å². The van der Waals surface area contributed by atoms with Gasteiger partial charge in [0.25, 0.3) is 0 Å². The van der Waals surface area contributed by atoms with Crippen molar-refractivity contribution in [3.05, 3.63) is 180 Å². The summed E-state index contributed by atoms with van der Waals surface area (Å²) in [6.07, 6.45) is 0. The lowest BCUT2D eigenvalue weighted by atomic mass is 9.78. The van der Waals surface area contributed by atoms with Crippen molar-refractivity contribution < 1.29 is 41.4 Å². The minimum atomic E-state index is -1.54. The summed E-state index contributed by atoms with van der Waals surface area (Å²) in [6.45, 7) is 3.07. The first-order valence-electron chi connectivity index (χ1n) is 29.5. The summed E-state index contributed by atoms with van der Waals surface area (Å²) in [4.78, 5) is 0. The molecule has 10 aromatic rings. The Morgan fingerprint density at radius 2 is 1.04 bits per heavy atom. The van der Waals surface area contributed by atoms with E-state index in [1.54, 1.807) is 0 Å². The number of hydrogen-bond donors (Lipinski definition) is 0. The van der Waals surface area contributed by atoms with E-state index in [2.05, 4.69) is 0 Å². The summed E-state index contributed by atoms with van der Waals surface area (Å²) in [5.74, 6) is 0. The molecule has 1 aromatic heterocycles. The molecule has 52 heavy (non-hydrogen) atoms. The molecule has 0 N–H and O–H groups in total. The van der Waals surface area contributed by atoms with Gasteiger partial charge in [0.05, 0.1) is 37.0 Å². The molecule has 9 aromatic carbocycles. The first-order valence-corrected chi connectivity index (χ1v) is 16.0. The molecule has 0 atom stereocenters. The summed E-state index contributed by atoms with van der Waals surface area (Å²) >= 11 is 0. The lowest BCUT2D eigenvalue weighted by Gasteiger charge is -2.25. The van der Waals surface area contributed by atoms with Crippen molar-refractivity contribution in [2.45, 2.75) is 19.3 Å². The molecular weight excluding hydrogens is 629 g/mol. The van der Waals surface area contributed by atoms with Gasteiger partial charge in [-0.25, -0.2) is 0 Å². The van der Waals surface area contributed by atoms with Gasteiger partial charge < -0.3 is 4.42 Å². The summed E-state index contributed by atoms with van der Waals surface area (Å²) in [7, 11) is 0. The molecular formula is C51H34O. The number of hydrogen-bond acceptors (Lipinski definition) is 1. The fourth-order valence-corrected chi connectivity index (χ4v) is 7.36. The average Bonchev–Trinajstić information content (AvgIpc) is 4.12. The van der Waals surface area contributed by atoms with Crippen LogP contribution in [0.5, 0.6) is 0 Å². The van der Waals surface area contributed by atoms with Crippen molar-refractivity contribution in [3.63, 3.8) is 0 Å². The third-order valence-electron chi connectivity index (χ3n) is 9.58. The minimum absolute atomic E-state index is 0.0124. The molecule has 1 heteroatoms.